The van der Waals surface area contributed by atoms with Gasteiger partial charge in [-0.15, -0.1) is 0 Å². The van der Waals surface area contributed by atoms with Gasteiger partial charge in [0.05, 0.1) is 17.8 Å². The summed E-state index contributed by atoms with van der Waals surface area (Å²) in [5.74, 6) is -0.450. The highest BCUT2D eigenvalue weighted by Crippen LogP contribution is 2.35. The molecule has 0 aliphatic carbocycles. The van der Waals surface area contributed by atoms with Crippen LogP contribution < -0.4 is 10.6 Å². The average molecular weight is 487 g/mol. The van der Waals surface area contributed by atoms with Gasteiger partial charge in [0.15, 0.2) is 5.69 Å². The first-order valence-corrected chi connectivity index (χ1v) is 12.0. The number of benzene rings is 1. The molecule has 9 nitrogen and oxygen atoms in total. The van der Waals surface area contributed by atoms with Crippen LogP contribution in [0.5, 0.6) is 0 Å². The van der Waals surface area contributed by atoms with Gasteiger partial charge in [-0.05, 0) is 36.5 Å². The molecule has 3 N–H and O–H groups in total. The molecule has 2 aliphatic rings. The van der Waals surface area contributed by atoms with E-state index < -0.39 is 5.91 Å². The van der Waals surface area contributed by atoms with E-state index in [9.17, 15) is 14.7 Å². The summed E-state index contributed by atoms with van der Waals surface area (Å²) in [6.07, 6.45) is 5.25. The molecule has 3 aromatic rings. The molecule has 5 rings (SSSR count). The van der Waals surface area contributed by atoms with E-state index in [0.717, 1.165) is 25.0 Å². The Morgan fingerprint density at radius 1 is 1.19 bits per heavy atom. The number of hydrogen-bond acceptors (Lipinski definition) is 6. The van der Waals surface area contributed by atoms with E-state index in [-0.39, 0.29) is 23.6 Å². The zero-order valence-corrected chi connectivity index (χ0v) is 20.6. The molecule has 1 aromatic carbocycles. The third-order valence-electron chi connectivity index (χ3n) is 6.97. The number of anilines is 1. The number of pyridine rings is 1. The van der Waals surface area contributed by atoms with E-state index >= 15 is 0 Å². The van der Waals surface area contributed by atoms with Gasteiger partial charge in [0.25, 0.3) is 11.8 Å². The Hall–Kier alpha value is -3.98. The van der Waals surface area contributed by atoms with Crippen molar-refractivity contribution >= 4 is 28.5 Å². The number of primary amides is 1. The summed E-state index contributed by atoms with van der Waals surface area (Å²) >= 11 is 0. The van der Waals surface area contributed by atoms with Gasteiger partial charge in [0.1, 0.15) is 11.5 Å². The lowest BCUT2D eigenvalue weighted by Crippen LogP contribution is -2.50. The number of aromatic nitrogens is 3. The Morgan fingerprint density at radius 2 is 1.97 bits per heavy atom. The molecule has 1 saturated heterocycles. The SMILES string of the molecule is C=C1/C=C2/C(=O)N(c3nccc(-n4nc(C(N)=O)c5ccccc54)c3CO)CCN2CCC(C)(C)C1. The number of hydrogen-bond donors (Lipinski definition) is 2. The van der Waals surface area contributed by atoms with Gasteiger partial charge >= 0.3 is 0 Å². The van der Waals surface area contributed by atoms with E-state index in [4.69, 9.17) is 5.73 Å². The lowest BCUT2D eigenvalue weighted by atomic mass is 9.81. The number of para-hydroxylation sites is 1. The van der Waals surface area contributed by atoms with Crippen LogP contribution in [0.15, 0.2) is 60.5 Å². The molecule has 186 valence electrons. The molecule has 0 atom stereocenters. The van der Waals surface area contributed by atoms with E-state index in [1.54, 1.807) is 27.9 Å². The zero-order chi connectivity index (χ0) is 25.6. The topological polar surface area (TPSA) is 118 Å². The molecule has 2 aromatic heterocycles. The Morgan fingerprint density at radius 3 is 2.72 bits per heavy atom. The second-order valence-corrected chi connectivity index (χ2v) is 10.2. The molecule has 0 radical (unpaired) electrons. The monoisotopic (exact) mass is 486 g/mol. The van der Waals surface area contributed by atoms with Crippen molar-refractivity contribution in [3.05, 3.63) is 71.7 Å². The van der Waals surface area contributed by atoms with Gasteiger partial charge < -0.3 is 15.7 Å². The summed E-state index contributed by atoms with van der Waals surface area (Å²) in [7, 11) is 0. The van der Waals surface area contributed by atoms with Crippen LogP contribution in [-0.2, 0) is 11.4 Å². The number of carbonyl (C=O) groups is 2. The van der Waals surface area contributed by atoms with Gasteiger partial charge in [0, 0.05) is 36.8 Å². The van der Waals surface area contributed by atoms with Crippen molar-refractivity contribution in [1.29, 1.82) is 0 Å². The maximum absolute atomic E-state index is 13.7. The summed E-state index contributed by atoms with van der Waals surface area (Å²) in [6.45, 7) is 10.1. The minimum absolute atomic E-state index is 0.121. The molecule has 4 heterocycles. The number of fused-ring (bicyclic) bond motifs is 2. The van der Waals surface area contributed by atoms with Crippen molar-refractivity contribution in [1.82, 2.24) is 19.7 Å². The second kappa shape index (κ2) is 8.91. The van der Waals surface area contributed by atoms with E-state index in [2.05, 4.69) is 35.4 Å². The quantitative estimate of drug-likeness (QED) is 0.586. The summed E-state index contributed by atoms with van der Waals surface area (Å²) < 4.78 is 1.58. The molecule has 36 heavy (non-hydrogen) atoms. The van der Waals surface area contributed by atoms with Crippen LogP contribution >= 0.6 is 0 Å². The number of nitrogens with two attached hydrogens (primary N) is 1. The Bertz CT molecular complexity index is 1420. The molecule has 2 amide bonds. The highest BCUT2D eigenvalue weighted by Gasteiger charge is 2.35. The molecule has 0 bridgehead atoms. The van der Waals surface area contributed by atoms with Crippen molar-refractivity contribution in [3.8, 4) is 5.69 Å². The van der Waals surface area contributed by atoms with Crippen molar-refractivity contribution in [2.24, 2.45) is 11.1 Å². The van der Waals surface area contributed by atoms with Gasteiger partial charge in [-0.25, -0.2) is 9.67 Å². The van der Waals surface area contributed by atoms with Crippen molar-refractivity contribution in [3.63, 3.8) is 0 Å². The van der Waals surface area contributed by atoms with Crippen molar-refractivity contribution in [2.75, 3.05) is 24.5 Å². The highest BCUT2D eigenvalue weighted by molar-refractivity contribution is 6.07. The lowest BCUT2D eigenvalue weighted by molar-refractivity contribution is -0.118. The molecular formula is C27H30N6O3. The standard InChI is InChI=1S/C27H30N6O3/c1-17-14-22-26(36)32(13-12-31(22)11-9-27(2,3)15-17)25-19(16-34)21(8-10-29-25)33-20-7-5-4-6-18(20)23(30-33)24(28)35/h4-8,10,14,34H,1,9,11-13,15-16H2,2-3H3,(H2,28,35)/b22-14-. The summed E-state index contributed by atoms with van der Waals surface area (Å²) in [5, 5.41) is 15.5. The summed E-state index contributed by atoms with van der Waals surface area (Å²) in [4.78, 5) is 34.0. The number of piperazine rings is 1. The molecule has 0 unspecified atom stereocenters. The number of amides is 2. The number of aliphatic hydroxyl groups excluding tert-OH is 1. The smallest absolute Gasteiger partial charge is 0.275 e. The summed E-state index contributed by atoms with van der Waals surface area (Å²) in [5.41, 5.74) is 8.97. The molecule has 2 aliphatic heterocycles. The number of nitrogens with zero attached hydrogens (tertiary/aromatic N) is 5. The predicted octanol–water partition coefficient (Wildman–Crippen LogP) is 2.92. The molecule has 1 fully saturated rings. The van der Waals surface area contributed by atoms with Crippen molar-refractivity contribution in [2.45, 2.75) is 33.3 Å². The van der Waals surface area contributed by atoms with Gasteiger partial charge in [0.2, 0.25) is 0 Å². The average Bonchev–Trinajstić information content (AvgIpc) is 3.23. The minimum atomic E-state index is -0.643. The van der Waals surface area contributed by atoms with Crippen molar-refractivity contribution < 1.29 is 14.7 Å². The van der Waals surface area contributed by atoms with Gasteiger partial charge in [-0.3, -0.25) is 14.5 Å². The first-order chi connectivity index (χ1) is 17.2. The number of allylic oxidation sites excluding steroid dienone is 2. The third kappa shape index (κ3) is 4.05. The van der Waals surface area contributed by atoms with Gasteiger partial charge in [-0.1, -0.05) is 44.2 Å². The fourth-order valence-corrected chi connectivity index (χ4v) is 5.17. The van der Waals surface area contributed by atoms with Crippen LogP contribution in [-0.4, -0.2) is 56.2 Å². The first kappa shape index (κ1) is 23.7. The zero-order valence-electron chi connectivity index (χ0n) is 20.6. The van der Waals surface area contributed by atoms with E-state index in [1.807, 2.05) is 24.3 Å². The van der Waals surface area contributed by atoms with Crippen LogP contribution in [0.25, 0.3) is 16.6 Å². The maximum atomic E-state index is 13.7. The highest BCUT2D eigenvalue weighted by atomic mass is 16.3. The largest absolute Gasteiger partial charge is 0.391 e. The van der Waals surface area contributed by atoms with Crippen LogP contribution in [0.2, 0.25) is 0 Å². The van der Waals surface area contributed by atoms with Crippen LogP contribution in [0.3, 0.4) is 0 Å². The molecule has 0 saturated carbocycles. The Balaban J connectivity index is 1.59. The first-order valence-electron chi connectivity index (χ1n) is 12.0. The predicted molar refractivity (Wildman–Crippen MR) is 137 cm³/mol. The molecular weight excluding hydrogens is 456 g/mol. The Labute approximate surface area is 209 Å². The van der Waals surface area contributed by atoms with Crippen LogP contribution in [0.1, 0.15) is 42.7 Å². The van der Waals surface area contributed by atoms with Crippen LogP contribution in [0.4, 0.5) is 5.82 Å². The molecule has 9 heteroatoms. The van der Waals surface area contributed by atoms with Gasteiger partial charge in [-0.2, -0.15) is 5.10 Å². The number of rotatable bonds is 4. The van der Waals surface area contributed by atoms with Crippen LogP contribution in [0, 0.1) is 5.41 Å². The lowest BCUT2D eigenvalue weighted by Gasteiger charge is -2.41. The molecule has 0 spiro atoms. The second-order valence-electron chi connectivity index (χ2n) is 10.2. The third-order valence-corrected chi connectivity index (χ3v) is 6.97. The minimum Gasteiger partial charge on any atom is -0.391 e. The number of carbonyl (C=O) groups excluding carboxylic acids is 2. The number of aliphatic hydroxyl groups is 1. The summed E-state index contributed by atoms with van der Waals surface area (Å²) in [6, 6.07) is 8.95. The Kier molecular flexibility index (Phi) is 5.88. The fraction of sp³-hybridized carbons (Fsp3) is 0.333. The van der Waals surface area contributed by atoms with E-state index in [0.29, 0.717) is 46.8 Å². The normalized spacial score (nSPS) is 19.5. The fourth-order valence-electron chi connectivity index (χ4n) is 5.17. The van der Waals surface area contributed by atoms with E-state index in [1.165, 1.54) is 0 Å². The maximum Gasteiger partial charge on any atom is 0.275 e.